The Morgan fingerprint density at radius 3 is 1.93 bits per heavy atom. The van der Waals surface area contributed by atoms with Crippen LogP contribution in [-0.2, 0) is 27.0 Å². The van der Waals surface area contributed by atoms with Gasteiger partial charge in [0.1, 0.15) is 6.61 Å². The highest BCUT2D eigenvalue weighted by atomic mass is 28.4. The lowest BCUT2D eigenvalue weighted by molar-refractivity contribution is -0.156. The first-order chi connectivity index (χ1) is 14.0. The summed E-state index contributed by atoms with van der Waals surface area (Å²) in [6.07, 6.45) is -0.968. The van der Waals surface area contributed by atoms with Crippen LogP contribution < -0.4 is 0 Å². The van der Waals surface area contributed by atoms with Crippen LogP contribution >= 0.6 is 0 Å². The molecular formula is C25H36O4Si. The van der Waals surface area contributed by atoms with Crippen molar-refractivity contribution in [1.29, 1.82) is 0 Å². The number of esters is 1. The van der Waals surface area contributed by atoms with E-state index in [2.05, 4.69) is 33.9 Å². The third-order valence-electron chi connectivity index (χ3n) is 5.93. The van der Waals surface area contributed by atoms with E-state index in [1.165, 1.54) is 0 Å². The fraction of sp³-hybridized carbons (Fsp3) is 0.480. The van der Waals surface area contributed by atoms with E-state index in [0.29, 0.717) is 6.42 Å². The number of ether oxygens (including phenoxy) is 1. The van der Waals surface area contributed by atoms with E-state index in [1.54, 1.807) is 6.92 Å². The first-order valence-corrected chi connectivity index (χ1v) is 13.5. The van der Waals surface area contributed by atoms with Crippen molar-refractivity contribution in [2.75, 3.05) is 0 Å². The molecule has 0 spiro atoms. The number of carbonyl (C=O) groups is 1. The highest BCUT2D eigenvalue weighted by molar-refractivity contribution is 6.74. The average molecular weight is 429 g/mol. The molecule has 30 heavy (non-hydrogen) atoms. The second-order valence-electron chi connectivity index (χ2n) is 9.47. The smallest absolute Gasteiger partial charge is 0.312 e. The summed E-state index contributed by atoms with van der Waals surface area (Å²) in [7, 11) is -2.21. The summed E-state index contributed by atoms with van der Waals surface area (Å²) in [5, 5.41) is 10.6. The van der Waals surface area contributed by atoms with Crippen LogP contribution in [0.15, 0.2) is 60.7 Å². The van der Waals surface area contributed by atoms with E-state index in [0.717, 1.165) is 11.1 Å². The third-order valence-corrected chi connectivity index (χ3v) is 10.4. The molecule has 1 N–H and O–H groups in total. The predicted octanol–water partition coefficient (Wildman–Crippen LogP) is 5.36. The average Bonchev–Trinajstić information content (AvgIpc) is 2.69. The standard InChI is InChI=1S/C25H36O4Si/c1-19(26)23(29-30(5,6)25(2,3)4)22(17-20-13-9-7-10-14-20)24(27)28-18-21-15-11-8-12-16-21/h7-16,19,22-23,26H,17-18H2,1-6H3/t19-,22+,23-/m0/s1. The molecule has 0 saturated heterocycles. The van der Waals surface area contributed by atoms with Gasteiger partial charge in [-0.2, -0.15) is 0 Å². The molecular weight excluding hydrogens is 392 g/mol. The molecule has 0 aliphatic carbocycles. The van der Waals surface area contributed by atoms with Gasteiger partial charge in [-0.25, -0.2) is 0 Å². The number of hydrogen-bond acceptors (Lipinski definition) is 4. The number of hydrogen-bond donors (Lipinski definition) is 1. The fourth-order valence-corrected chi connectivity index (χ4v) is 4.47. The van der Waals surface area contributed by atoms with Crippen LogP contribution in [-0.4, -0.2) is 31.6 Å². The molecule has 0 radical (unpaired) electrons. The SMILES string of the molecule is C[C@H](O)[C@H](O[Si](C)(C)C(C)(C)C)[C@@H](Cc1ccccc1)C(=O)OCc1ccccc1. The summed E-state index contributed by atoms with van der Waals surface area (Å²) in [6.45, 7) is 12.6. The van der Waals surface area contributed by atoms with Crippen molar-refractivity contribution in [1.82, 2.24) is 0 Å². The number of aliphatic hydroxyl groups is 1. The van der Waals surface area contributed by atoms with Crippen molar-refractivity contribution in [3.05, 3.63) is 71.8 Å². The van der Waals surface area contributed by atoms with Gasteiger partial charge in [-0.15, -0.1) is 0 Å². The lowest BCUT2D eigenvalue weighted by Crippen LogP contribution is -2.51. The monoisotopic (exact) mass is 428 g/mol. The minimum absolute atomic E-state index is 0.0363. The van der Waals surface area contributed by atoms with Gasteiger partial charge < -0.3 is 14.3 Å². The van der Waals surface area contributed by atoms with Gasteiger partial charge in [0.25, 0.3) is 0 Å². The van der Waals surface area contributed by atoms with Gasteiger partial charge in [-0.3, -0.25) is 4.79 Å². The van der Waals surface area contributed by atoms with Gasteiger partial charge in [0.2, 0.25) is 0 Å². The van der Waals surface area contributed by atoms with E-state index in [4.69, 9.17) is 9.16 Å². The zero-order valence-electron chi connectivity index (χ0n) is 19.1. The van der Waals surface area contributed by atoms with Crippen molar-refractivity contribution in [2.24, 2.45) is 5.92 Å². The van der Waals surface area contributed by atoms with E-state index in [9.17, 15) is 9.90 Å². The molecule has 0 aliphatic heterocycles. The first kappa shape index (κ1) is 24.3. The Labute approximate surface area is 182 Å². The second-order valence-corrected chi connectivity index (χ2v) is 14.2. The molecule has 0 fully saturated rings. The molecule has 0 bridgehead atoms. The third kappa shape index (κ3) is 6.79. The lowest BCUT2D eigenvalue weighted by atomic mass is 9.91. The Balaban J connectivity index is 2.28. The molecule has 0 unspecified atom stereocenters. The predicted molar refractivity (Wildman–Crippen MR) is 124 cm³/mol. The second kappa shape index (κ2) is 10.4. The quantitative estimate of drug-likeness (QED) is 0.431. The van der Waals surface area contributed by atoms with Gasteiger partial charge in [0.15, 0.2) is 8.32 Å². The summed E-state index contributed by atoms with van der Waals surface area (Å²) < 4.78 is 12.2. The normalized spacial score (nSPS) is 15.3. The van der Waals surface area contributed by atoms with Crippen LogP contribution in [0.2, 0.25) is 18.1 Å². The van der Waals surface area contributed by atoms with Crippen molar-refractivity contribution >= 4 is 14.3 Å². The molecule has 2 rings (SSSR count). The number of benzene rings is 2. The van der Waals surface area contributed by atoms with Gasteiger partial charge in [-0.05, 0) is 42.6 Å². The summed E-state index contributed by atoms with van der Waals surface area (Å²) in [5.74, 6) is -0.933. The van der Waals surface area contributed by atoms with Crippen LogP contribution in [0.1, 0.15) is 38.8 Å². The maximum atomic E-state index is 13.2. The zero-order valence-corrected chi connectivity index (χ0v) is 20.1. The van der Waals surface area contributed by atoms with Crippen molar-refractivity contribution in [3.8, 4) is 0 Å². The number of aliphatic hydroxyl groups excluding tert-OH is 1. The Morgan fingerprint density at radius 2 is 1.47 bits per heavy atom. The maximum absolute atomic E-state index is 13.2. The van der Waals surface area contributed by atoms with Crippen molar-refractivity contribution in [3.63, 3.8) is 0 Å². The van der Waals surface area contributed by atoms with Gasteiger partial charge in [-0.1, -0.05) is 81.4 Å². The Morgan fingerprint density at radius 1 is 0.967 bits per heavy atom. The molecule has 0 aromatic heterocycles. The maximum Gasteiger partial charge on any atom is 0.312 e. The fourth-order valence-electron chi connectivity index (χ4n) is 3.07. The minimum Gasteiger partial charge on any atom is -0.461 e. The molecule has 0 amide bonds. The van der Waals surface area contributed by atoms with Crippen LogP contribution in [0, 0.1) is 5.92 Å². The number of carbonyl (C=O) groups excluding carboxylic acids is 1. The van der Waals surface area contributed by atoms with E-state index >= 15 is 0 Å². The largest absolute Gasteiger partial charge is 0.461 e. The van der Waals surface area contributed by atoms with Crippen molar-refractivity contribution < 1.29 is 19.1 Å². The van der Waals surface area contributed by atoms with Gasteiger partial charge in [0.05, 0.1) is 18.1 Å². The Kier molecular flexibility index (Phi) is 8.41. The summed E-state index contributed by atoms with van der Waals surface area (Å²) in [4.78, 5) is 13.2. The van der Waals surface area contributed by atoms with Crippen LogP contribution in [0.5, 0.6) is 0 Å². The lowest BCUT2D eigenvalue weighted by Gasteiger charge is -2.42. The van der Waals surface area contributed by atoms with E-state index in [1.807, 2.05) is 60.7 Å². The summed E-state index contributed by atoms with van der Waals surface area (Å²) in [6, 6.07) is 19.5. The Bertz CT molecular complexity index is 782. The van der Waals surface area contributed by atoms with Crippen LogP contribution in [0.25, 0.3) is 0 Å². The number of rotatable bonds is 9. The minimum atomic E-state index is -2.21. The van der Waals surface area contributed by atoms with Gasteiger partial charge in [0, 0.05) is 0 Å². The van der Waals surface area contributed by atoms with Crippen LogP contribution in [0.3, 0.4) is 0 Å². The molecule has 0 aliphatic rings. The van der Waals surface area contributed by atoms with Crippen LogP contribution in [0.4, 0.5) is 0 Å². The summed E-state index contributed by atoms with van der Waals surface area (Å²) >= 11 is 0. The molecule has 4 nitrogen and oxygen atoms in total. The molecule has 2 aromatic rings. The highest BCUT2D eigenvalue weighted by Crippen LogP contribution is 2.39. The van der Waals surface area contributed by atoms with Gasteiger partial charge >= 0.3 is 5.97 Å². The Hall–Kier alpha value is -1.95. The zero-order chi connectivity index (χ0) is 22.4. The van der Waals surface area contributed by atoms with E-state index < -0.39 is 26.4 Å². The van der Waals surface area contributed by atoms with Crippen molar-refractivity contribution in [2.45, 2.75) is 71.1 Å². The molecule has 0 saturated carbocycles. The molecule has 0 heterocycles. The first-order valence-electron chi connectivity index (χ1n) is 10.6. The highest BCUT2D eigenvalue weighted by Gasteiger charge is 2.44. The molecule has 2 aromatic carbocycles. The summed E-state index contributed by atoms with van der Waals surface area (Å²) in [5.41, 5.74) is 1.95. The molecule has 5 heteroatoms. The molecule has 3 atom stereocenters. The molecule has 164 valence electrons. The van der Waals surface area contributed by atoms with E-state index in [-0.39, 0.29) is 17.6 Å². The topological polar surface area (TPSA) is 55.8 Å².